The van der Waals surface area contributed by atoms with Crippen molar-refractivity contribution in [2.75, 3.05) is 30.4 Å². The number of nitrogens with zero attached hydrogens (tertiary/aromatic N) is 5. The van der Waals surface area contributed by atoms with Crippen molar-refractivity contribution in [3.8, 4) is 28.6 Å². The highest BCUT2D eigenvalue weighted by molar-refractivity contribution is 8.14. The van der Waals surface area contributed by atoms with E-state index in [9.17, 15) is 22.4 Å². The molecule has 5 rings (SSSR count). The minimum atomic E-state index is -4.78. The first-order chi connectivity index (χ1) is 20.7. The number of alkyl halides is 4. The zero-order valence-electron chi connectivity index (χ0n) is 22.7. The lowest BCUT2D eigenvalue weighted by atomic mass is 10.1. The average Bonchev–Trinajstić information content (AvgIpc) is 3.66. The van der Waals surface area contributed by atoms with Crippen LogP contribution < -0.4 is 14.4 Å². The maximum atomic E-state index is 14.9. The number of ether oxygens (including phenoxy) is 3. The van der Waals surface area contributed by atoms with Crippen LogP contribution in [0, 0.1) is 0 Å². The maximum absolute atomic E-state index is 14.9. The molecule has 43 heavy (non-hydrogen) atoms. The molecule has 1 unspecified atom stereocenters. The van der Waals surface area contributed by atoms with Crippen LogP contribution in [-0.2, 0) is 4.74 Å². The molecule has 1 saturated heterocycles. The fraction of sp³-hybridized carbons (Fsp3) is 0.241. The first-order valence-electron chi connectivity index (χ1n) is 13.1. The van der Waals surface area contributed by atoms with Crippen molar-refractivity contribution in [2.45, 2.75) is 19.5 Å². The quantitative estimate of drug-likeness (QED) is 0.186. The van der Waals surface area contributed by atoms with Crippen LogP contribution in [-0.4, -0.2) is 57.9 Å². The molecule has 0 saturated carbocycles. The van der Waals surface area contributed by atoms with Crippen LogP contribution >= 0.6 is 11.8 Å². The summed E-state index contributed by atoms with van der Waals surface area (Å²) in [4.78, 5) is 22.6. The predicted molar refractivity (Wildman–Crippen MR) is 154 cm³/mol. The number of carbonyl (C=O) groups is 1. The Morgan fingerprint density at radius 3 is 2.53 bits per heavy atom. The van der Waals surface area contributed by atoms with Gasteiger partial charge in [0.25, 0.3) is 0 Å². The molecule has 1 aromatic heterocycles. The van der Waals surface area contributed by atoms with E-state index in [0.29, 0.717) is 41.1 Å². The molecular formula is C29H25F4N5O4S. The number of carbonyl (C=O) groups excluding carboxylic acids is 1. The summed E-state index contributed by atoms with van der Waals surface area (Å²) in [5.41, 5.74) is 2.13. The number of hydrogen-bond acceptors (Lipinski definition) is 7. The highest BCUT2D eigenvalue weighted by Gasteiger charge is 2.31. The molecule has 1 atom stereocenters. The molecule has 1 amide bonds. The molecule has 2 heterocycles. The Labute approximate surface area is 248 Å². The maximum Gasteiger partial charge on any atom is 0.573 e. The van der Waals surface area contributed by atoms with E-state index in [1.54, 1.807) is 12.1 Å². The Morgan fingerprint density at radius 2 is 1.81 bits per heavy atom. The predicted octanol–water partition coefficient (Wildman–Crippen LogP) is 6.99. The van der Waals surface area contributed by atoms with Gasteiger partial charge < -0.3 is 19.1 Å². The van der Waals surface area contributed by atoms with Crippen molar-refractivity contribution in [1.29, 1.82) is 0 Å². The monoisotopic (exact) mass is 615 g/mol. The number of thioether (sulfide) groups is 1. The van der Waals surface area contributed by atoms with Gasteiger partial charge in [-0.25, -0.2) is 18.9 Å². The summed E-state index contributed by atoms with van der Waals surface area (Å²) in [5.74, 6) is 1.37. The number of amides is 1. The Morgan fingerprint density at radius 1 is 1.07 bits per heavy atom. The van der Waals surface area contributed by atoms with E-state index in [-0.39, 0.29) is 11.3 Å². The summed E-state index contributed by atoms with van der Waals surface area (Å²) in [6, 6.07) is 18.9. The van der Waals surface area contributed by atoms with E-state index < -0.39 is 25.2 Å². The smallest absolute Gasteiger partial charge is 0.492 e. The molecule has 14 heteroatoms. The van der Waals surface area contributed by atoms with Gasteiger partial charge in [-0.05, 0) is 48.9 Å². The van der Waals surface area contributed by atoms with Gasteiger partial charge in [-0.15, -0.1) is 18.3 Å². The standard InChI is InChI=1S/C29H25F4N5O4S/c1-2-40-25-6-4-3-5-24(25)37-15-16-43-27(37)35-28(39)41-17-23(30)19-7-9-20(10-8-19)26-34-18-38(36-26)21-11-13-22(14-12-21)42-29(31,32)33/h3-14,18,23H,2,15-17H2,1H3. The summed E-state index contributed by atoms with van der Waals surface area (Å²) in [7, 11) is 0. The number of benzene rings is 3. The summed E-state index contributed by atoms with van der Waals surface area (Å²) in [5, 5.41) is 4.79. The fourth-order valence-corrected chi connectivity index (χ4v) is 5.13. The first-order valence-corrected chi connectivity index (χ1v) is 14.1. The second-order valence-corrected chi connectivity index (χ2v) is 10.1. The third-order valence-electron chi connectivity index (χ3n) is 6.13. The van der Waals surface area contributed by atoms with Crippen molar-refractivity contribution >= 4 is 28.7 Å². The van der Waals surface area contributed by atoms with Crippen LogP contribution in [0.5, 0.6) is 11.5 Å². The largest absolute Gasteiger partial charge is 0.573 e. The van der Waals surface area contributed by atoms with Gasteiger partial charge in [-0.3, -0.25) is 0 Å². The lowest BCUT2D eigenvalue weighted by molar-refractivity contribution is -0.274. The third kappa shape index (κ3) is 7.63. The first kappa shape index (κ1) is 29.9. The second-order valence-electron chi connectivity index (χ2n) is 9.02. The number of anilines is 1. The van der Waals surface area contributed by atoms with E-state index in [1.807, 2.05) is 36.1 Å². The number of aromatic nitrogens is 3. The molecule has 1 aliphatic heterocycles. The molecule has 9 nitrogen and oxygen atoms in total. The zero-order chi connectivity index (χ0) is 30.4. The van der Waals surface area contributed by atoms with Crippen molar-refractivity contribution in [1.82, 2.24) is 14.8 Å². The lowest BCUT2D eigenvalue weighted by Gasteiger charge is -2.20. The average molecular weight is 616 g/mol. The van der Waals surface area contributed by atoms with Crippen LogP contribution in [0.3, 0.4) is 0 Å². The normalized spacial score (nSPS) is 15.0. The zero-order valence-corrected chi connectivity index (χ0v) is 23.5. The van der Waals surface area contributed by atoms with Gasteiger partial charge >= 0.3 is 12.5 Å². The second kappa shape index (κ2) is 13.2. The van der Waals surface area contributed by atoms with Crippen LogP contribution in [0.4, 0.5) is 28.0 Å². The lowest BCUT2D eigenvalue weighted by Crippen LogP contribution is -2.25. The molecule has 1 aliphatic rings. The van der Waals surface area contributed by atoms with E-state index in [0.717, 1.165) is 11.4 Å². The van der Waals surface area contributed by atoms with Crippen LogP contribution in [0.2, 0.25) is 0 Å². The van der Waals surface area contributed by atoms with E-state index >= 15 is 0 Å². The molecule has 224 valence electrons. The van der Waals surface area contributed by atoms with Crippen molar-refractivity contribution in [2.24, 2.45) is 4.99 Å². The van der Waals surface area contributed by atoms with Gasteiger partial charge in [0.05, 0.1) is 18.0 Å². The Balaban J connectivity index is 1.17. The molecule has 0 N–H and O–H groups in total. The summed E-state index contributed by atoms with van der Waals surface area (Å²) in [6.45, 7) is 2.50. The van der Waals surface area contributed by atoms with Gasteiger partial charge in [0, 0.05) is 17.9 Å². The number of hydrogen-bond donors (Lipinski definition) is 0. The fourth-order valence-electron chi connectivity index (χ4n) is 4.19. The van der Waals surface area contributed by atoms with E-state index in [2.05, 4.69) is 19.8 Å². The Kier molecular flexibility index (Phi) is 9.14. The number of halogens is 4. The number of amidine groups is 1. The minimum absolute atomic E-state index is 0.284. The topological polar surface area (TPSA) is 91.1 Å². The Hall–Kier alpha value is -4.59. The highest BCUT2D eigenvalue weighted by Crippen LogP contribution is 2.33. The van der Waals surface area contributed by atoms with Gasteiger partial charge in [0.2, 0.25) is 0 Å². The molecule has 3 aromatic carbocycles. The van der Waals surface area contributed by atoms with Crippen LogP contribution in [0.25, 0.3) is 17.1 Å². The van der Waals surface area contributed by atoms with Gasteiger partial charge in [0.1, 0.15) is 24.4 Å². The number of aliphatic imine (C=N–C) groups is 1. The van der Waals surface area contributed by atoms with Crippen LogP contribution in [0.1, 0.15) is 18.7 Å². The van der Waals surface area contributed by atoms with E-state index in [1.165, 1.54) is 59.2 Å². The van der Waals surface area contributed by atoms with E-state index in [4.69, 9.17) is 9.47 Å². The molecular weight excluding hydrogens is 590 g/mol. The summed E-state index contributed by atoms with van der Waals surface area (Å²) in [6.07, 6.45) is -5.86. The van der Waals surface area contributed by atoms with Gasteiger partial charge in [-0.1, -0.05) is 48.2 Å². The SMILES string of the molecule is CCOc1ccccc1N1CCSC1=NC(=O)OCC(F)c1ccc(-c2ncn(-c3ccc(OC(F)(F)F)cc3)n2)cc1. The molecule has 0 aliphatic carbocycles. The molecule has 0 bridgehead atoms. The molecule has 4 aromatic rings. The highest BCUT2D eigenvalue weighted by atomic mass is 32.2. The molecule has 0 spiro atoms. The number of para-hydroxylation sites is 2. The van der Waals surface area contributed by atoms with Crippen molar-refractivity contribution in [3.63, 3.8) is 0 Å². The summed E-state index contributed by atoms with van der Waals surface area (Å²) < 4.78 is 68.1. The Bertz CT molecular complexity index is 1580. The molecule has 1 fully saturated rings. The third-order valence-corrected chi connectivity index (χ3v) is 7.09. The number of rotatable bonds is 9. The minimum Gasteiger partial charge on any atom is -0.492 e. The van der Waals surface area contributed by atoms with Gasteiger partial charge in [-0.2, -0.15) is 4.99 Å². The summed E-state index contributed by atoms with van der Waals surface area (Å²) >= 11 is 1.40. The van der Waals surface area contributed by atoms with Crippen molar-refractivity contribution in [3.05, 3.63) is 84.7 Å². The van der Waals surface area contributed by atoms with Crippen LogP contribution in [0.15, 0.2) is 84.1 Å². The van der Waals surface area contributed by atoms with Crippen molar-refractivity contribution < 1.29 is 36.6 Å². The van der Waals surface area contributed by atoms with Gasteiger partial charge in [0.15, 0.2) is 17.2 Å². The molecule has 0 radical (unpaired) electrons.